The molecule has 0 radical (unpaired) electrons. The van der Waals surface area contributed by atoms with Crippen LogP contribution in [-0.2, 0) is 9.53 Å². The molecule has 26 heavy (non-hydrogen) atoms. The molecule has 0 spiro atoms. The van der Waals surface area contributed by atoms with Crippen LogP contribution in [0.4, 0.5) is 4.79 Å². The fourth-order valence-corrected chi connectivity index (χ4v) is 3.60. The molecule has 1 atom stereocenters. The van der Waals surface area contributed by atoms with Crippen molar-refractivity contribution >= 4 is 23.5 Å². The topological polar surface area (TPSA) is 70.7 Å². The minimum atomic E-state index is -0.155. The Morgan fingerprint density at radius 2 is 1.92 bits per heavy atom. The lowest BCUT2D eigenvalue weighted by atomic mass is 10.1. The summed E-state index contributed by atoms with van der Waals surface area (Å²) in [5.74, 6) is 0.0122. The second kappa shape index (κ2) is 9.24. The van der Waals surface area contributed by atoms with Gasteiger partial charge in [0.15, 0.2) is 0 Å². The molecule has 2 fully saturated rings. The summed E-state index contributed by atoms with van der Waals surface area (Å²) in [4.78, 5) is 26.0. The Balaban J connectivity index is 1.41. The van der Waals surface area contributed by atoms with E-state index in [4.69, 9.17) is 16.3 Å². The number of halogens is 1. The van der Waals surface area contributed by atoms with E-state index in [2.05, 4.69) is 10.6 Å². The van der Waals surface area contributed by atoms with Crippen molar-refractivity contribution in [2.24, 2.45) is 0 Å². The lowest BCUT2D eigenvalue weighted by Gasteiger charge is -2.33. The Hall–Kier alpha value is -1.79. The van der Waals surface area contributed by atoms with Crippen molar-refractivity contribution in [1.82, 2.24) is 15.5 Å². The van der Waals surface area contributed by atoms with Gasteiger partial charge in [-0.25, -0.2) is 4.79 Å². The summed E-state index contributed by atoms with van der Waals surface area (Å²) in [6.07, 6.45) is 4.67. The SMILES string of the molecule is O=C(CCNC(=O)N1CCOC(c2ccc(Cl)cc2)C1)NC1CCCC1. The van der Waals surface area contributed by atoms with E-state index in [1.165, 1.54) is 12.8 Å². The van der Waals surface area contributed by atoms with Crippen LogP contribution in [0, 0.1) is 0 Å². The Kier molecular flexibility index (Phi) is 6.74. The van der Waals surface area contributed by atoms with Gasteiger partial charge in [0, 0.05) is 30.6 Å². The zero-order valence-electron chi connectivity index (χ0n) is 14.9. The summed E-state index contributed by atoms with van der Waals surface area (Å²) >= 11 is 5.92. The summed E-state index contributed by atoms with van der Waals surface area (Å²) in [5, 5.41) is 6.55. The van der Waals surface area contributed by atoms with Gasteiger partial charge >= 0.3 is 6.03 Å². The quantitative estimate of drug-likeness (QED) is 0.826. The monoisotopic (exact) mass is 379 g/mol. The first-order valence-electron chi connectivity index (χ1n) is 9.31. The van der Waals surface area contributed by atoms with Crippen LogP contribution in [0.2, 0.25) is 5.02 Å². The van der Waals surface area contributed by atoms with Crippen LogP contribution in [0.5, 0.6) is 0 Å². The van der Waals surface area contributed by atoms with E-state index in [-0.39, 0.29) is 18.0 Å². The van der Waals surface area contributed by atoms with Crippen LogP contribution in [-0.4, -0.2) is 49.1 Å². The number of ether oxygens (including phenoxy) is 1. The minimum Gasteiger partial charge on any atom is -0.370 e. The average molecular weight is 380 g/mol. The molecule has 1 heterocycles. The van der Waals surface area contributed by atoms with Crippen molar-refractivity contribution < 1.29 is 14.3 Å². The van der Waals surface area contributed by atoms with Crippen LogP contribution < -0.4 is 10.6 Å². The molecule has 3 rings (SSSR count). The molecule has 1 aromatic carbocycles. The first-order valence-corrected chi connectivity index (χ1v) is 9.69. The number of rotatable bonds is 5. The maximum atomic E-state index is 12.4. The number of amides is 3. The van der Waals surface area contributed by atoms with Crippen molar-refractivity contribution in [1.29, 1.82) is 0 Å². The average Bonchev–Trinajstić information content (AvgIpc) is 3.15. The standard InChI is InChI=1S/C19H26ClN3O3/c20-15-7-5-14(6-8-15)17-13-23(11-12-26-17)19(25)21-10-9-18(24)22-16-3-1-2-4-16/h5-8,16-17H,1-4,9-13H2,(H,21,25)(H,22,24). The zero-order chi connectivity index (χ0) is 18.4. The van der Waals surface area contributed by atoms with Gasteiger partial charge in [0.25, 0.3) is 0 Å². The highest BCUT2D eigenvalue weighted by Crippen LogP contribution is 2.23. The molecule has 1 aliphatic carbocycles. The number of nitrogens with zero attached hydrogens (tertiary/aromatic N) is 1. The van der Waals surface area contributed by atoms with Crippen molar-refractivity contribution in [3.63, 3.8) is 0 Å². The van der Waals surface area contributed by atoms with Gasteiger partial charge in [-0.1, -0.05) is 36.6 Å². The third-order valence-corrected chi connectivity index (χ3v) is 5.20. The first-order chi connectivity index (χ1) is 12.6. The molecule has 0 aromatic heterocycles. The van der Waals surface area contributed by atoms with Crippen LogP contribution >= 0.6 is 11.6 Å². The van der Waals surface area contributed by atoms with Crippen molar-refractivity contribution in [2.45, 2.75) is 44.2 Å². The van der Waals surface area contributed by atoms with E-state index >= 15 is 0 Å². The Labute approximate surface area is 159 Å². The van der Waals surface area contributed by atoms with Gasteiger partial charge in [-0.15, -0.1) is 0 Å². The van der Waals surface area contributed by atoms with Crippen LogP contribution in [0.1, 0.15) is 43.8 Å². The summed E-state index contributed by atoms with van der Waals surface area (Å²) in [6.45, 7) is 1.87. The first kappa shape index (κ1) is 19.0. The number of carbonyl (C=O) groups excluding carboxylic acids is 2. The lowest BCUT2D eigenvalue weighted by molar-refractivity contribution is -0.121. The lowest BCUT2D eigenvalue weighted by Crippen LogP contribution is -2.47. The molecular weight excluding hydrogens is 354 g/mol. The maximum absolute atomic E-state index is 12.4. The fourth-order valence-electron chi connectivity index (χ4n) is 3.48. The van der Waals surface area contributed by atoms with Gasteiger partial charge in [-0.05, 0) is 30.5 Å². The molecule has 0 bridgehead atoms. The summed E-state index contributed by atoms with van der Waals surface area (Å²) in [6, 6.07) is 7.65. The van der Waals surface area contributed by atoms with Gasteiger partial charge in [0.2, 0.25) is 5.91 Å². The molecular formula is C19H26ClN3O3. The zero-order valence-corrected chi connectivity index (χ0v) is 15.6. The maximum Gasteiger partial charge on any atom is 0.317 e. The molecule has 1 saturated carbocycles. The highest BCUT2D eigenvalue weighted by Gasteiger charge is 2.25. The number of hydrogen-bond acceptors (Lipinski definition) is 3. The molecule has 3 amide bonds. The fraction of sp³-hybridized carbons (Fsp3) is 0.579. The number of hydrogen-bond donors (Lipinski definition) is 2. The largest absolute Gasteiger partial charge is 0.370 e. The third kappa shape index (κ3) is 5.35. The molecule has 1 aromatic rings. The van der Waals surface area contributed by atoms with E-state index in [1.54, 1.807) is 4.90 Å². The van der Waals surface area contributed by atoms with Crippen molar-refractivity contribution in [3.8, 4) is 0 Å². The van der Waals surface area contributed by atoms with Gasteiger partial charge in [0.05, 0.1) is 13.2 Å². The minimum absolute atomic E-state index is 0.0122. The Bertz CT molecular complexity index is 617. The molecule has 7 heteroatoms. The number of benzene rings is 1. The van der Waals surface area contributed by atoms with Crippen LogP contribution in [0.3, 0.4) is 0 Å². The van der Waals surface area contributed by atoms with Gasteiger partial charge in [0.1, 0.15) is 6.10 Å². The third-order valence-electron chi connectivity index (χ3n) is 4.94. The van der Waals surface area contributed by atoms with Gasteiger partial charge in [-0.3, -0.25) is 4.79 Å². The molecule has 1 aliphatic heterocycles. The molecule has 1 saturated heterocycles. The summed E-state index contributed by atoms with van der Waals surface area (Å²) in [5.41, 5.74) is 1.00. The highest BCUT2D eigenvalue weighted by molar-refractivity contribution is 6.30. The number of carbonyl (C=O) groups is 2. The Morgan fingerprint density at radius 3 is 2.65 bits per heavy atom. The number of morpholine rings is 1. The second-order valence-electron chi connectivity index (χ2n) is 6.89. The van der Waals surface area contributed by atoms with Crippen molar-refractivity contribution in [3.05, 3.63) is 34.9 Å². The second-order valence-corrected chi connectivity index (χ2v) is 7.32. The molecule has 6 nitrogen and oxygen atoms in total. The van der Waals surface area contributed by atoms with Crippen LogP contribution in [0.15, 0.2) is 24.3 Å². The molecule has 1 unspecified atom stereocenters. The van der Waals surface area contributed by atoms with E-state index < -0.39 is 0 Å². The van der Waals surface area contributed by atoms with E-state index in [9.17, 15) is 9.59 Å². The number of nitrogens with one attached hydrogen (secondary N) is 2. The molecule has 142 valence electrons. The normalized spacial score (nSPS) is 20.8. The smallest absolute Gasteiger partial charge is 0.317 e. The summed E-state index contributed by atoms with van der Waals surface area (Å²) in [7, 11) is 0. The Morgan fingerprint density at radius 1 is 1.19 bits per heavy atom. The van der Waals surface area contributed by atoms with Crippen LogP contribution in [0.25, 0.3) is 0 Å². The van der Waals surface area contributed by atoms with Gasteiger partial charge in [-0.2, -0.15) is 0 Å². The number of urea groups is 1. The summed E-state index contributed by atoms with van der Waals surface area (Å²) < 4.78 is 5.77. The van der Waals surface area contributed by atoms with Crippen molar-refractivity contribution in [2.75, 3.05) is 26.2 Å². The van der Waals surface area contributed by atoms with E-state index in [0.29, 0.717) is 43.7 Å². The predicted octanol–water partition coefficient (Wildman–Crippen LogP) is 2.87. The molecule has 2 N–H and O–H groups in total. The van der Waals surface area contributed by atoms with E-state index in [1.807, 2.05) is 24.3 Å². The highest BCUT2D eigenvalue weighted by atomic mass is 35.5. The van der Waals surface area contributed by atoms with Gasteiger partial charge < -0.3 is 20.3 Å². The van der Waals surface area contributed by atoms with E-state index in [0.717, 1.165) is 18.4 Å². The molecule has 2 aliphatic rings. The predicted molar refractivity (Wildman–Crippen MR) is 100 cm³/mol.